The van der Waals surface area contributed by atoms with Gasteiger partial charge in [-0.2, -0.15) is 4.73 Å². The number of aromatic nitrogens is 1. The lowest BCUT2D eigenvalue weighted by molar-refractivity contribution is -0.725. The van der Waals surface area contributed by atoms with Crippen molar-refractivity contribution in [3.63, 3.8) is 0 Å². The van der Waals surface area contributed by atoms with E-state index in [1.54, 1.807) is 29.8 Å². The SMILES string of the molecule is [O-][n+]1ccsc1C1=C[N+]2([O-])C=CC=CC2=C1. The molecule has 16 heavy (non-hydrogen) atoms. The highest BCUT2D eigenvalue weighted by Crippen LogP contribution is 2.35. The minimum absolute atomic E-state index is 0.553. The van der Waals surface area contributed by atoms with Gasteiger partial charge in [-0.15, -0.1) is 0 Å². The molecular weight excluding hydrogens is 224 g/mol. The summed E-state index contributed by atoms with van der Waals surface area (Å²) in [6, 6.07) is 0. The van der Waals surface area contributed by atoms with E-state index in [1.165, 1.54) is 23.7 Å². The molecule has 0 aromatic carbocycles. The van der Waals surface area contributed by atoms with Crippen molar-refractivity contribution < 1.29 is 9.38 Å². The lowest BCUT2D eigenvalue weighted by Crippen LogP contribution is -2.27. The Morgan fingerprint density at radius 1 is 1.31 bits per heavy atom. The van der Waals surface area contributed by atoms with Crippen LogP contribution in [0.5, 0.6) is 0 Å². The third-order valence-corrected chi connectivity index (χ3v) is 3.44. The molecule has 0 saturated carbocycles. The first-order valence-corrected chi connectivity index (χ1v) is 5.64. The van der Waals surface area contributed by atoms with Crippen LogP contribution in [0.2, 0.25) is 0 Å². The van der Waals surface area contributed by atoms with Crippen LogP contribution in [0.25, 0.3) is 5.57 Å². The highest BCUT2D eigenvalue weighted by molar-refractivity contribution is 7.10. The summed E-state index contributed by atoms with van der Waals surface area (Å²) in [5.41, 5.74) is 1.32. The molecule has 0 saturated heterocycles. The molecule has 2 aliphatic heterocycles. The van der Waals surface area contributed by atoms with Crippen molar-refractivity contribution in [3.05, 3.63) is 69.4 Å². The van der Waals surface area contributed by atoms with E-state index in [2.05, 4.69) is 0 Å². The predicted molar refractivity (Wildman–Crippen MR) is 61.2 cm³/mol. The van der Waals surface area contributed by atoms with Crippen LogP contribution in [0.3, 0.4) is 0 Å². The number of hydroxylamine groups is 3. The number of nitrogens with zero attached hydrogens (tertiary/aromatic N) is 2. The summed E-state index contributed by atoms with van der Waals surface area (Å²) in [7, 11) is 0. The van der Waals surface area contributed by atoms with Gasteiger partial charge >= 0.3 is 0 Å². The van der Waals surface area contributed by atoms with Crippen LogP contribution in [0.4, 0.5) is 0 Å². The number of hydrogen-bond acceptors (Lipinski definition) is 3. The highest BCUT2D eigenvalue weighted by Gasteiger charge is 2.30. The van der Waals surface area contributed by atoms with E-state index >= 15 is 0 Å². The lowest BCUT2D eigenvalue weighted by Gasteiger charge is -2.33. The van der Waals surface area contributed by atoms with Gasteiger partial charge < -0.3 is 10.4 Å². The van der Waals surface area contributed by atoms with Gasteiger partial charge in [-0.05, 0) is 6.08 Å². The van der Waals surface area contributed by atoms with Gasteiger partial charge in [-0.1, -0.05) is 17.4 Å². The number of allylic oxidation sites excluding steroid dienone is 5. The molecule has 0 bridgehead atoms. The smallest absolute Gasteiger partial charge is 0.286 e. The first-order chi connectivity index (χ1) is 7.69. The maximum absolute atomic E-state index is 12.2. The minimum Gasteiger partial charge on any atom is -0.618 e. The molecule has 1 aromatic rings. The molecule has 0 N–H and O–H groups in total. The monoisotopic (exact) mass is 232 g/mol. The van der Waals surface area contributed by atoms with Crippen molar-refractivity contribution in [1.29, 1.82) is 0 Å². The molecule has 1 unspecified atom stereocenters. The van der Waals surface area contributed by atoms with Crippen molar-refractivity contribution >= 4 is 16.9 Å². The van der Waals surface area contributed by atoms with Gasteiger partial charge in [-0.25, -0.2) is 0 Å². The molecular formula is C11H8N2O2S. The first-order valence-electron chi connectivity index (χ1n) is 4.76. The van der Waals surface area contributed by atoms with Crippen LogP contribution < -0.4 is 4.73 Å². The van der Waals surface area contributed by atoms with Gasteiger partial charge in [0, 0.05) is 12.2 Å². The maximum Gasteiger partial charge on any atom is 0.286 e. The van der Waals surface area contributed by atoms with Crippen molar-refractivity contribution in [2.75, 3.05) is 0 Å². The van der Waals surface area contributed by atoms with Gasteiger partial charge in [-0.3, -0.25) is 4.65 Å². The van der Waals surface area contributed by atoms with E-state index in [0.717, 1.165) is 4.73 Å². The van der Waals surface area contributed by atoms with E-state index in [-0.39, 0.29) is 0 Å². The third kappa shape index (κ3) is 1.26. The highest BCUT2D eigenvalue weighted by atomic mass is 32.1. The molecule has 0 radical (unpaired) electrons. The van der Waals surface area contributed by atoms with Crippen LogP contribution in [0.15, 0.2) is 54.0 Å². The molecule has 4 nitrogen and oxygen atoms in total. The average molecular weight is 232 g/mol. The van der Waals surface area contributed by atoms with Crippen LogP contribution in [-0.2, 0) is 0 Å². The van der Waals surface area contributed by atoms with Crippen molar-refractivity contribution in [1.82, 2.24) is 0 Å². The Morgan fingerprint density at radius 2 is 2.19 bits per heavy atom. The zero-order chi connectivity index (χ0) is 11.2. The van der Waals surface area contributed by atoms with Gasteiger partial charge in [0.05, 0.1) is 5.38 Å². The number of quaternary nitrogens is 1. The standard InChI is InChI=1S/C11H8N2O2S/c14-12-4-6-16-11(12)9-7-10-3-1-2-5-13(10,15)8-9/h1-8H. The number of hydrogen-bond donors (Lipinski definition) is 0. The summed E-state index contributed by atoms with van der Waals surface area (Å²) in [5, 5.41) is 25.9. The summed E-state index contributed by atoms with van der Waals surface area (Å²) < 4.78 is 0.176. The number of fused-ring (bicyclic) bond motifs is 1. The van der Waals surface area contributed by atoms with E-state index < -0.39 is 4.65 Å². The summed E-state index contributed by atoms with van der Waals surface area (Å²) in [4.78, 5) is 0. The fraction of sp³-hybridized carbons (Fsp3) is 0. The zero-order valence-corrected chi connectivity index (χ0v) is 9.05. The Labute approximate surface area is 96.1 Å². The normalized spacial score (nSPS) is 26.6. The second kappa shape index (κ2) is 3.15. The summed E-state index contributed by atoms with van der Waals surface area (Å²) in [6.45, 7) is 0. The van der Waals surface area contributed by atoms with E-state index in [4.69, 9.17) is 0 Å². The zero-order valence-electron chi connectivity index (χ0n) is 8.24. The molecule has 0 spiro atoms. The van der Waals surface area contributed by atoms with E-state index in [0.29, 0.717) is 16.3 Å². The molecule has 80 valence electrons. The maximum atomic E-state index is 12.2. The summed E-state index contributed by atoms with van der Waals surface area (Å²) >= 11 is 1.33. The molecule has 0 amide bonds. The molecule has 2 aliphatic rings. The Balaban J connectivity index is 2.11. The lowest BCUT2D eigenvalue weighted by atomic mass is 10.2. The molecule has 3 heterocycles. The number of thiazole rings is 1. The first kappa shape index (κ1) is 9.53. The summed E-state index contributed by atoms with van der Waals surface area (Å²) in [5.74, 6) is 0. The molecule has 1 atom stereocenters. The average Bonchev–Trinajstić information content (AvgIpc) is 2.80. The molecule has 0 fully saturated rings. The van der Waals surface area contributed by atoms with Crippen molar-refractivity contribution in [2.24, 2.45) is 0 Å². The second-order valence-corrected chi connectivity index (χ2v) is 4.49. The Morgan fingerprint density at radius 3 is 2.88 bits per heavy atom. The molecule has 1 aromatic heterocycles. The second-order valence-electron chi connectivity index (χ2n) is 3.60. The Bertz CT molecular complexity index is 568. The summed E-state index contributed by atoms with van der Waals surface area (Å²) in [6.07, 6.45) is 11.6. The van der Waals surface area contributed by atoms with Crippen LogP contribution >= 0.6 is 11.3 Å². The molecule has 0 aliphatic carbocycles. The van der Waals surface area contributed by atoms with E-state index in [1.807, 2.05) is 6.08 Å². The Hall–Kier alpha value is -1.69. The van der Waals surface area contributed by atoms with Gasteiger partial charge in [0.15, 0.2) is 6.20 Å². The van der Waals surface area contributed by atoms with Crippen LogP contribution in [0, 0.1) is 10.4 Å². The molecule has 3 rings (SSSR count). The fourth-order valence-corrected chi connectivity index (χ4v) is 2.50. The van der Waals surface area contributed by atoms with E-state index in [9.17, 15) is 10.4 Å². The predicted octanol–water partition coefficient (Wildman–Crippen LogP) is 2.02. The fourth-order valence-electron chi connectivity index (χ4n) is 1.79. The van der Waals surface area contributed by atoms with Gasteiger partial charge in [0.1, 0.15) is 23.7 Å². The topological polar surface area (TPSA) is 50.0 Å². The number of rotatable bonds is 1. The molecule has 5 heteroatoms. The van der Waals surface area contributed by atoms with Gasteiger partial charge in [0.2, 0.25) is 0 Å². The van der Waals surface area contributed by atoms with Crippen LogP contribution in [0.1, 0.15) is 5.01 Å². The van der Waals surface area contributed by atoms with Gasteiger partial charge in [0.25, 0.3) is 5.01 Å². The van der Waals surface area contributed by atoms with Crippen molar-refractivity contribution in [2.45, 2.75) is 0 Å². The Kier molecular flexibility index (Phi) is 1.88. The minimum atomic E-state index is -0.607. The third-order valence-electron chi connectivity index (χ3n) is 2.55. The van der Waals surface area contributed by atoms with Crippen molar-refractivity contribution in [3.8, 4) is 0 Å². The quantitative estimate of drug-likeness (QED) is 0.422. The largest absolute Gasteiger partial charge is 0.618 e. The van der Waals surface area contributed by atoms with Crippen LogP contribution in [-0.4, -0.2) is 4.65 Å².